The molecule has 0 saturated carbocycles. The van der Waals surface area contributed by atoms with Crippen molar-refractivity contribution >= 4 is 17.9 Å². The lowest BCUT2D eigenvalue weighted by Crippen LogP contribution is -2.35. The fourth-order valence-corrected chi connectivity index (χ4v) is 1.60. The van der Waals surface area contributed by atoms with Crippen molar-refractivity contribution in [2.45, 2.75) is 12.5 Å². The van der Waals surface area contributed by atoms with Gasteiger partial charge in [-0.3, -0.25) is 4.79 Å². The molecule has 2 N–H and O–H groups in total. The number of methoxy groups -OCH3 is 1. The molecule has 23 heavy (non-hydrogen) atoms. The summed E-state index contributed by atoms with van der Waals surface area (Å²) >= 11 is 0. The van der Waals surface area contributed by atoms with Gasteiger partial charge in [0.2, 0.25) is 0 Å². The highest BCUT2D eigenvalue weighted by Crippen LogP contribution is 2.02. The topological polar surface area (TPSA) is 105 Å². The smallest absolute Gasteiger partial charge is 0.331 e. The monoisotopic (exact) mass is 321 g/mol. The molecule has 7 nitrogen and oxygen atoms in total. The Labute approximate surface area is 134 Å². The first-order chi connectivity index (χ1) is 11.0. The molecule has 0 aliphatic rings. The summed E-state index contributed by atoms with van der Waals surface area (Å²) in [6.07, 6.45) is 2.22. The third-order valence-electron chi connectivity index (χ3n) is 2.73. The first kappa shape index (κ1) is 18.4. The van der Waals surface area contributed by atoms with Crippen molar-refractivity contribution in [2.24, 2.45) is 5.73 Å². The van der Waals surface area contributed by atoms with Crippen molar-refractivity contribution in [2.75, 3.05) is 20.3 Å². The highest BCUT2D eigenvalue weighted by atomic mass is 16.6. The van der Waals surface area contributed by atoms with Gasteiger partial charge in [0.05, 0.1) is 7.11 Å². The fraction of sp³-hybridized carbons (Fsp3) is 0.312. The summed E-state index contributed by atoms with van der Waals surface area (Å²) in [6, 6.07) is 8.53. The van der Waals surface area contributed by atoms with Crippen LogP contribution in [0.1, 0.15) is 5.56 Å². The average molecular weight is 321 g/mol. The second kappa shape index (κ2) is 10.1. The van der Waals surface area contributed by atoms with Gasteiger partial charge < -0.3 is 19.9 Å². The molecule has 1 aromatic rings. The molecular formula is C16H19NO6. The van der Waals surface area contributed by atoms with E-state index in [-0.39, 0.29) is 13.2 Å². The average Bonchev–Trinajstić information content (AvgIpc) is 2.57. The molecule has 0 fully saturated rings. The molecule has 0 aliphatic heterocycles. The number of rotatable bonds is 8. The first-order valence-corrected chi connectivity index (χ1v) is 6.92. The van der Waals surface area contributed by atoms with Crippen molar-refractivity contribution < 1.29 is 28.6 Å². The summed E-state index contributed by atoms with van der Waals surface area (Å²) in [4.78, 5) is 33.6. The standard InChI is InChI=1S/C16H19NO6/c1-21-14(18)7-8-15(19)22-9-10-23-16(20)13(17)11-12-5-3-2-4-6-12/h2-8,13H,9-11,17H2,1H3/b8-7+. The predicted octanol–water partition coefficient (Wildman–Crippen LogP) is 0.372. The Kier molecular flexibility index (Phi) is 8.09. The van der Waals surface area contributed by atoms with Crippen molar-refractivity contribution in [3.8, 4) is 0 Å². The van der Waals surface area contributed by atoms with Gasteiger partial charge in [-0.25, -0.2) is 9.59 Å². The molecule has 1 rings (SSSR count). The minimum Gasteiger partial charge on any atom is -0.466 e. The van der Waals surface area contributed by atoms with Gasteiger partial charge in [0.25, 0.3) is 0 Å². The number of hydrogen-bond acceptors (Lipinski definition) is 7. The number of ether oxygens (including phenoxy) is 3. The molecule has 0 radical (unpaired) electrons. The Morgan fingerprint density at radius 1 is 1.04 bits per heavy atom. The van der Waals surface area contributed by atoms with Gasteiger partial charge in [-0.15, -0.1) is 0 Å². The second-order valence-corrected chi connectivity index (χ2v) is 4.49. The maximum absolute atomic E-state index is 11.7. The molecule has 7 heteroatoms. The first-order valence-electron chi connectivity index (χ1n) is 6.92. The number of nitrogens with two attached hydrogens (primary N) is 1. The van der Waals surface area contributed by atoms with Crippen LogP contribution in [0.4, 0.5) is 0 Å². The molecule has 1 atom stereocenters. The van der Waals surface area contributed by atoms with Crippen LogP contribution >= 0.6 is 0 Å². The lowest BCUT2D eigenvalue weighted by atomic mass is 10.1. The lowest BCUT2D eigenvalue weighted by Gasteiger charge is -2.11. The summed E-state index contributed by atoms with van der Waals surface area (Å²) < 4.78 is 14.0. The Morgan fingerprint density at radius 3 is 2.30 bits per heavy atom. The SMILES string of the molecule is COC(=O)/C=C/C(=O)OCCOC(=O)C(N)Cc1ccccc1. The minimum atomic E-state index is -0.785. The second-order valence-electron chi connectivity index (χ2n) is 4.49. The van der Waals surface area contributed by atoms with Gasteiger partial charge in [0.1, 0.15) is 19.3 Å². The summed E-state index contributed by atoms with van der Waals surface area (Å²) in [7, 11) is 1.19. The largest absolute Gasteiger partial charge is 0.466 e. The fourth-order valence-electron chi connectivity index (χ4n) is 1.60. The third-order valence-corrected chi connectivity index (χ3v) is 2.73. The van der Waals surface area contributed by atoms with Crippen LogP contribution in [0.5, 0.6) is 0 Å². The van der Waals surface area contributed by atoms with E-state index in [2.05, 4.69) is 4.74 Å². The van der Waals surface area contributed by atoms with Crippen molar-refractivity contribution in [1.29, 1.82) is 0 Å². The van der Waals surface area contributed by atoms with Crippen LogP contribution in [0, 0.1) is 0 Å². The summed E-state index contributed by atoms with van der Waals surface area (Å²) in [5.41, 5.74) is 6.67. The zero-order valence-electron chi connectivity index (χ0n) is 12.8. The van der Waals surface area contributed by atoms with Crippen LogP contribution in [0.15, 0.2) is 42.5 Å². The van der Waals surface area contributed by atoms with Gasteiger partial charge in [0.15, 0.2) is 0 Å². The number of esters is 3. The zero-order chi connectivity index (χ0) is 17.1. The van der Waals surface area contributed by atoms with E-state index in [0.717, 1.165) is 17.7 Å². The van der Waals surface area contributed by atoms with E-state index in [0.29, 0.717) is 6.42 Å². The third kappa shape index (κ3) is 7.77. The molecule has 0 heterocycles. The molecule has 0 amide bonds. The van der Waals surface area contributed by atoms with E-state index in [1.54, 1.807) is 0 Å². The lowest BCUT2D eigenvalue weighted by molar-refractivity contribution is -0.150. The highest BCUT2D eigenvalue weighted by molar-refractivity contribution is 5.91. The van der Waals surface area contributed by atoms with Crippen molar-refractivity contribution in [3.63, 3.8) is 0 Å². The summed E-state index contributed by atoms with van der Waals surface area (Å²) in [5, 5.41) is 0. The number of carbonyl (C=O) groups excluding carboxylic acids is 3. The minimum absolute atomic E-state index is 0.112. The van der Waals surface area contributed by atoms with Gasteiger partial charge >= 0.3 is 17.9 Å². The Morgan fingerprint density at radius 2 is 1.65 bits per heavy atom. The Balaban J connectivity index is 2.22. The molecule has 0 aliphatic carbocycles. The van der Waals surface area contributed by atoms with E-state index in [1.165, 1.54) is 7.11 Å². The molecule has 0 aromatic heterocycles. The van der Waals surface area contributed by atoms with E-state index < -0.39 is 23.9 Å². The van der Waals surface area contributed by atoms with Crippen molar-refractivity contribution in [1.82, 2.24) is 0 Å². The number of benzene rings is 1. The predicted molar refractivity (Wildman–Crippen MR) is 81.2 cm³/mol. The molecule has 0 bridgehead atoms. The van der Waals surface area contributed by atoms with Crippen LogP contribution in [0.25, 0.3) is 0 Å². The number of hydrogen-bond donors (Lipinski definition) is 1. The normalized spacial score (nSPS) is 11.7. The van der Waals surface area contributed by atoms with Gasteiger partial charge in [0, 0.05) is 12.2 Å². The van der Waals surface area contributed by atoms with Crippen LogP contribution in [-0.4, -0.2) is 44.3 Å². The molecule has 0 spiro atoms. The number of carbonyl (C=O) groups is 3. The molecular weight excluding hydrogens is 302 g/mol. The summed E-state index contributed by atoms with van der Waals surface area (Å²) in [5.74, 6) is -1.98. The quantitative estimate of drug-likeness (QED) is 0.319. The van der Waals surface area contributed by atoms with Gasteiger partial charge in [-0.05, 0) is 12.0 Å². The molecule has 0 saturated heterocycles. The van der Waals surface area contributed by atoms with Crippen LogP contribution in [0.3, 0.4) is 0 Å². The highest BCUT2D eigenvalue weighted by Gasteiger charge is 2.15. The van der Waals surface area contributed by atoms with E-state index in [4.69, 9.17) is 15.2 Å². The van der Waals surface area contributed by atoms with E-state index in [1.807, 2.05) is 30.3 Å². The molecule has 1 unspecified atom stereocenters. The van der Waals surface area contributed by atoms with E-state index in [9.17, 15) is 14.4 Å². The van der Waals surface area contributed by atoms with E-state index >= 15 is 0 Å². The maximum atomic E-state index is 11.7. The molecule has 1 aromatic carbocycles. The Bertz CT molecular complexity index is 555. The van der Waals surface area contributed by atoms with Crippen LogP contribution < -0.4 is 5.73 Å². The van der Waals surface area contributed by atoms with Gasteiger partial charge in [-0.2, -0.15) is 0 Å². The zero-order valence-corrected chi connectivity index (χ0v) is 12.8. The summed E-state index contributed by atoms with van der Waals surface area (Å²) in [6.45, 7) is -0.243. The maximum Gasteiger partial charge on any atom is 0.331 e. The van der Waals surface area contributed by atoms with Crippen LogP contribution in [-0.2, 0) is 35.0 Å². The van der Waals surface area contributed by atoms with Gasteiger partial charge in [-0.1, -0.05) is 30.3 Å². The Hall–Kier alpha value is -2.67. The molecule has 124 valence electrons. The van der Waals surface area contributed by atoms with Crippen LogP contribution in [0.2, 0.25) is 0 Å². The van der Waals surface area contributed by atoms with Crippen molar-refractivity contribution in [3.05, 3.63) is 48.0 Å².